The first-order chi connectivity index (χ1) is 7.74. The van der Waals surface area contributed by atoms with Gasteiger partial charge in [-0.15, -0.1) is 0 Å². The number of ether oxygens (including phenoxy) is 2. The van der Waals surface area contributed by atoms with Crippen LogP contribution in [-0.2, 0) is 9.53 Å². The van der Waals surface area contributed by atoms with Gasteiger partial charge in [0, 0.05) is 11.8 Å². The van der Waals surface area contributed by atoms with Crippen molar-refractivity contribution in [3.63, 3.8) is 0 Å². The lowest BCUT2D eigenvalue weighted by atomic mass is 10.0. The first-order valence-corrected chi connectivity index (χ1v) is 4.91. The summed E-state index contributed by atoms with van der Waals surface area (Å²) >= 11 is 0. The fraction of sp³-hybridized carbons (Fsp3) is 0.273. The molecular formula is C11H11NO4. The van der Waals surface area contributed by atoms with Gasteiger partial charge in [0.2, 0.25) is 5.88 Å². The van der Waals surface area contributed by atoms with Crippen LogP contribution in [0.3, 0.4) is 0 Å². The summed E-state index contributed by atoms with van der Waals surface area (Å²) in [6.45, 7) is 1.95. The third kappa shape index (κ3) is 1.77. The lowest BCUT2D eigenvalue weighted by molar-refractivity contribution is -0.140. The van der Waals surface area contributed by atoms with E-state index in [0.29, 0.717) is 11.4 Å². The number of hydrogen-bond acceptors (Lipinski definition) is 5. The van der Waals surface area contributed by atoms with Crippen molar-refractivity contribution in [2.75, 3.05) is 6.61 Å². The first kappa shape index (κ1) is 10.6. The van der Waals surface area contributed by atoms with Gasteiger partial charge in [-0.05, 0) is 19.1 Å². The van der Waals surface area contributed by atoms with E-state index in [1.165, 1.54) is 6.26 Å². The van der Waals surface area contributed by atoms with Gasteiger partial charge in [-0.25, -0.2) is 9.78 Å². The van der Waals surface area contributed by atoms with Gasteiger partial charge in [0.15, 0.2) is 0 Å². The van der Waals surface area contributed by atoms with Crippen LogP contribution in [0.1, 0.15) is 18.6 Å². The molecule has 0 unspecified atom stereocenters. The van der Waals surface area contributed by atoms with Gasteiger partial charge in [0.1, 0.15) is 17.9 Å². The monoisotopic (exact) mass is 221 g/mol. The van der Waals surface area contributed by atoms with Crippen molar-refractivity contribution in [3.8, 4) is 5.88 Å². The number of aliphatic hydroxyl groups excluding tert-OH is 1. The number of pyridine rings is 1. The van der Waals surface area contributed by atoms with E-state index < -0.39 is 12.1 Å². The normalized spacial score (nSPS) is 18.1. The van der Waals surface area contributed by atoms with Crippen molar-refractivity contribution in [1.82, 2.24) is 4.98 Å². The van der Waals surface area contributed by atoms with Crippen molar-refractivity contribution in [3.05, 3.63) is 35.7 Å². The second-order valence-electron chi connectivity index (χ2n) is 3.21. The topological polar surface area (TPSA) is 68.7 Å². The number of esters is 1. The molecule has 1 aromatic heterocycles. The fourth-order valence-corrected chi connectivity index (χ4v) is 1.44. The molecule has 1 aliphatic heterocycles. The molecule has 2 rings (SSSR count). The van der Waals surface area contributed by atoms with Crippen LogP contribution < -0.4 is 4.74 Å². The Hall–Kier alpha value is -1.88. The van der Waals surface area contributed by atoms with Crippen molar-refractivity contribution in [1.29, 1.82) is 0 Å². The van der Waals surface area contributed by atoms with Gasteiger partial charge in [-0.1, -0.05) is 0 Å². The zero-order valence-corrected chi connectivity index (χ0v) is 8.71. The molecule has 1 N–H and O–H groups in total. The van der Waals surface area contributed by atoms with Crippen molar-refractivity contribution in [2.45, 2.75) is 13.0 Å². The minimum absolute atomic E-state index is 0.0855. The van der Waals surface area contributed by atoms with Crippen LogP contribution in [0.2, 0.25) is 0 Å². The molecule has 5 nitrogen and oxygen atoms in total. The Morgan fingerprint density at radius 1 is 1.69 bits per heavy atom. The number of aromatic nitrogens is 1. The SMILES string of the molecule is CCOC(=O)C1=COc2ncccc2[C@@H]1O. The van der Waals surface area contributed by atoms with Gasteiger partial charge in [0.25, 0.3) is 0 Å². The number of carbonyl (C=O) groups excluding carboxylic acids is 1. The van der Waals surface area contributed by atoms with Gasteiger partial charge < -0.3 is 14.6 Å². The number of rotatable bonds is 2. The van der Waals surface area contributed by atoms with E-state index in [4.69, 9.17) is 9.47 Å². The summed E-state index contributed by atoms with van der Waals surface area (Å²) in [7, 11) is 0. The molecule has 1 aliphatic rings. The second-order valence-corrected chi connectivity index (χ2v) is 3.21. The lowest BCUT2D eigenvalue weighted by Gasteiger charge is -2.20. The van der Waals surface area contributed by atoms with E-state index in [0.717, 1.165) is 0 Å². The average Bonchev–Trinajstić information content (AvgIpc) is 2.30. The van der Waals surface area contributed by atoms with E-state index in [2.05, 4.69) is 4.98 Å². The highest BCUT2D eigenvalue weighted by molar-refractivity contribution is 5.90. The highest BCUT2D eigenvalue weighted by Crippen LogP contribution is 2.32. The maximum Gasteiger partial charge on any atom is 0.340 e. The summed E-state index contributed by atoms with van der Waals surface area (Å²) in [5.74, 6) is -0.271. The maximum atomic E-state index is 11.5. The highest BCUT2D eigenvalue weighted by atomic mass is 16.5. The van der Waals surface area contributed by atoms with E-state index in [-0.39, 0.29) is 12.2 Å². The Bertz CT molecular complexity index is 441. The molecular weight excluding hydrogens is 210 g/mol. The summed E-state index contributed by atoms with van der Waals surface area (Å²) in [4.78, 5) is 15.4. The minimum Gasteiger partial charge on any atom is -0.462 e. The van der Waals surface area contributed by atoms with Crippen molar-refractivity contribution < 1.29 is 19.4 Å². The van der Waals surface area contributed by atoms with Gasteiger partial charge >= 0.3 is 5.97 Å². The third-order valence-corrected chi connectivity index (χ3v) is 2.20. The molecule has 84 valence electrons. The predicted molar refractivity (Wildman–Crippen MR) is 54.5 cm³/mol. The third-order valence-electron chi connectivity index (χ3n) is 2.20. The summed E-state index contributed by atoms with van der Waals surface area (Å²) in [5.41, 5.74) is 0.551. The number of hydrogen-bond donors (Lipinski definition) is 1. The molecule has 0 spiro atoms. The largest absolute Gasteiger partial charge is 0.462 e. The van der Waals surface area contributed by atoms with Crippen LogP contribution in [0.15, 0.2) is 30.2 Å². The molecule has 0 aromatic carbocycles. The van der Waals surface area contributed by atoms with Gasteiger partial charge in [-0.2, -0.15) is 0 Å². The number of nitrogens with zero attached hydrogens (tertiary/aromatic N) is 1. The summed E-state index contributed by atoms with van der Waals surface area (Å²) in [6, 6.07) is 3.32. The van der Waals surface area contributed by atoms with Crippen LogP contribution in [0, 0.1) is 0 Å². The van der Waals surface area contributed by atoms with E-state index in [1.54, 1.807) is 25.3 Å². The standard InChI is InChI=1S/C11H11NO4/c1-2-15-11(14)8-6-16-10-7(9(8)13)4-3-5-12-10/h3-6,9,13H,2H2,1H3/t9-/m0/s1. The zero-order valence-electron chi connectivity index (χ0n) is 8.71. The molecule has 0 saturated heterocycles. The summed E-state index contributed by atoms with van der Waals surface area (Å²) in [6.07, 6.45) is 1.68. The van der Waals surface area contributed by atoms with E-state index in [9.17, 15) is 9.90 Å². The Balaban J connectivity index is 2.28. The molecule has 16 heavy (non-hydrogen) atoms. The first-order valence-electron chi connectivity index (χ1n) is 4.91. The molecule has 1 atom stereocenters. The molecule has 0 aliphatic carbocycles. The van der Waals surface area contributed by atoms with E-state index in [1.807, 2.05) is 0 Å². The van der Waals surface area contributed by atoms with Crippen molar-refractivity contribution in [2.24, 2.45) is 0 Å². The average molecular weight is 221 g/mol. The Morgan fingerprint density at radius 2 is 2.50 bits per heavy atom. The fourth-order valence-electron chi connectivity index (χ4n) is 1.44. The molecule has 0 bridgehead atoms. The van der Waals surface area contributed by atoms with Gasteiger partial charge in [0.05, 0.1) is 6.61 Å². The molecule has 5 heteroatoms. The van der Waals surface area contributed by atoms with Gasteiger partial charge in [-0.3, -0.25) is 0 Å². The van der Waals surface area contributed by atoms with Crippen LogP contribution in [0.25, 0.3) is 0 Å². The number of aliphatic hydroxyl groups is 1. The van der Waals surface area contributed by atoms with Crippen LogP contribution in [-0.4, -0.2) is 22.7 Å². The quantitative estimate of drug-likeness (QED) is 0.753. The van der Waals surface area contributed by atoms with Crippen LogP contribution in [0.5, 0.6) is 5.88 Å². The molecule has 0 amide bonds. The molecule has 0 radical (unpaired) electrons. The smallest absolute Gasteiger partial charge is 0.340 e. The van der Waals surface area contributed by atoms with E-state index >= 15 is 0 Å². The Kier molecular flexibility index (Phi) is 2.87. The Morgan fingerprint density at radius 3 is 3.25 bits per heavy atom. The highest BCUT2D eigenvalue weighted by Gasteiger charge is 2.29. The summed E-state index contributed by atoms with van der Waals surface area (Å²) < 4.78 is 9.94. The molecule has 2 heterocycles. The van der Waals surface area contributed by atoms with Crippen LogP contribution in [0.4, 0.5) is 0 Å². The Labute approximate surface area is 92.3 Å². The lowest BCUT2D eigenvalue weighted by Crippen LogP contribution is -2.19. The molecule has 1 aromatic rings. The molecule has 0 fully saturated rings. The van der Waals surface area contributed by atoms with Crippen LogP contribution >= 0.6 is 0 Å². The maximum absolute atomic E-state index is 11.5. The minimum atomic E-state index is -1.04. The second kappa shape index (κ2) is 4.32. The predicted octanol–water partition coefficient (Wildman–Crippen LogP) is 0.954. The molecule has 0 saturated carbocycles. The zero-order chi connectivity index (χ0) is 11.5. The number of fused-ring (bicyclic) bond motifs is 1. The summed E-state index contributed by atoms with van der Waals surface area (Å²) in [5, 5.41) is 9.93. The number of carbonyl (C=O) groups is 1. The van der Waals surface area contributed by atoms with Crippen molar-refractivity contribution >= 4 is 5.97 Å².